The molecule has 8 heteroatoms. The van der Waals surface area contributed by atoms with Gasteiger partial charge in [-0.25, -0.2) is 0 Å². The molecule has 31 heavy (non-hydrogen) atoms. The van der Waals surface area contributed by atoms with Crippen molar-refractivity contribution < 1.29 is 9.59 Å². The Kier molecular flexibility index (Phi) is 8.76. The van der Waals surface area contributed by atoms with Crippen LogP contribution in [0.2, 0.25) is 10.0 Å². The van der Waals surface area contributed by atoms with Crippen molar-refractivity contribution in [3.05, 3.63) is 33.8 Å². The second-order valence-electron chi connectivity index (χ2n) is 8.37. The van der Waals surface area contributed by atoms with Crippen LogP contribution < -0.4 is 5.32 Å². The number of hydrogen-bond acceptors (Lipinski definition) is 4. The second kappa shape index (κ2) is 11.3. The Morgan fingerprint density at radius 1 is 1.29 bits per heavy atom. The van der Waals surface area contributed by atoms with Crippen LogP contribution in [0.3, 0.4) is 0 Å². The molecule has 2 aliphatic rings. The van der Waals surface area contributed by atoms with E-state index in [9.17, 15) is 9.59 Å². The minimum Gasteiger partial charge on any atom is -0.355 e. The highest BCUT2D eigenvalue weighted by molar-refractivity contribution is 6.45. The van der Waals surface area contributed by atoms with Crippen molar-refractivity contribution in [3.8, 4) is 0 Å². The quantitative estimate of drug-likeness (QED) is 0.566. The van der Waals surface area contributed by atoms with E-state index >= 15 is 0 Å². The van der Waals surface area contributed by atoms with Crippen LogP contribution >= 0.6 is 23.2 Å². The Balaban J connectivity index is 1.52. The Morgan fingerprint density at radius 3 is 2.77 bits per heavy atom. The van der Waals surface area contributed by atoms with Crippen molar-refractivity contribution in [2.75, 3.05) is 39.8 Å². The molecular weight excluding hydrogens is 435 g/mol. The molecule has 2 atom stereocenters. The van der Waals surface area contributed by atoms with Crippen molar-refractivity contribution in [3.63, 3.8) is 0 Å². The molecule has 2 fully saturated rings. The van der Waals surface area contributed by atoms with Gasteiger partial charge in [0.25, 0.3) is 5.91 Å². The molecule has 0 aromatic heterocycles. The first-order chi connectivity index (χ1) is 14.9. The first-order valence-corrected chi connectivity index (χ1v) is 11.9. The maximum atomic E-state index is 12.8. The molecule has 0 saturated carbocycles. The average Bonchev–Trinajstić information content (AvgIpc) is 3.30. The zero-order valence-electron chi connectivity index (χ0n) is 18.4. The minimum atomic E-state index is -0.487. The lowest BCUT2D eigenvalue weighted by molar-refractivity contribution is -0.123. The lowest BCUT2D eigenvalue weighted by Crippen LogP contribution is -2.36. The number of aliphatic imine (C=N–C) groups is 1. The standard InChI is InChI=1S/C23H32Cl2N4O2/c1-3-29-15-18(21(23(29)31)26-12-10-17-7-5-13-28(17)2)22(30)27-11-4-6-16-8-9-19(24)20(25)14-16/h8-9,14,17-18H,3-7,10-13,15H2,1-2H3,(H,27,30). The van der Waals surface area contributed by atoms with Crippen molar-refractivity contribution >= 4 is 40.7 Å². The second-order valence-corrected chi connectivity index (χ2v) is 9.19. The molecule has 2 amide bonds. The summed E-state index contributed by atoms with van der Waals surface area (Å²) in [6.45, 7) is 5.18. The van der Waals surface area contributed by atoms with Gasteiger partial charge in [0, 0.05) is 32.2 Å². The number of likely N-dealkylation sites (tertiary alicyclic amines) is 2. The Morgan fingerprint density at radius 2 is 2.10 bits per heavy atom. The summed E-state index contributed by atoms with van der Waals surface area (Å²) in [6.07, 6.45) is 4.89. The van der Waals surface area contributed by atoms with Gasteiger partial charge in [-0.2, -0.15) is 0 Å². The minimum absolute atomic E-state index is 0.0989. The zero-order valence-corrected chi connectivity index (χ0v) is 19.9. The smallest absolute Gasteiger partial charge is 0.268 e. The van der Waals surface area contributed by atoms with Crippen molar-refractivity contribution in [1.82, 2.24) is 15.1 Å². The molecule has 0 radical (unpaired) electrons. The SMILES string of the molecule is CCN1CC(C(=O)NCCCc2ccc(Cl)c(Cl)c2)C(=NCCC2CCCN2C)C1=O. The first kappa shape index (κ1) is 24.0. The molecule has 2 aliphatic heterocycles. The predicted octanol–water partition coefficient (Wildman–Crippen LogP) is 3.45. The summed E-state index contributed by atoms with van der Waals surface area (Å²) < 4.78 is 0. The van der Waals surface area contributed by atoms with Crippen molar-refractivity contribution in [2.24, 2.45) is 10.9 Å². The maximum Gasteiger partial charge on any atom is 0.268 e. The van der Waals surface area contributed by atoms with E-state index < -0.39 is 5.92 Å². The maximum absolute atomic E-state index is 12.8. The highest BCUT2D eigenvalue weighted by atomic mass is 35.5. The fourth-order valence-electron chi connectivity index (χ4n) is 4.36. The van der Waals surface area contributed by atoms with E-state index in [0.717, 1.165) is 31.4 Å². The summed E-state index contributed by atoms with van der Waals surface area (Å²) in [7, 11) is 2.14. The summed E-state index contributed by atoms with van der Waals surface area (Å²) >= 11 is 12.0. The molecule has 0 bridgehead atoms. The van der Waals surface area contributed by atoms with Crippen LogP contribution in [0.15, 0.2) is 23.2 Å². The molecule has 2 unspecified atom stereocenters. The van der Waals surface area contributed by atoms with Crippen LogP contribution in [0, 0.1) is 5.92 Å². The van der Waals surface area contributed by atoms with E-state index in [4.69, 9.17) is 23.2 Å². The largest absolute Gasteiger partial charge is 0.355 e. The third-order valence-corrected chi connectivity index (χ3v) is 7.02. The average molecular weight is 467 g/mol. The Labute approximate surface area is 195 Å². The molecule has 3 rings (SSSR count). The number of carbonyl (C=O) groups excluding carboxylic acids is 2. The van der Waals surface area contributed by atoms with Gasteiger partial charge in [-0.15, -0.1) is 0 Å². The number of nitrogens with one attached hydrogen (secondary N) is 1. The normalized spacial score (nSPS) is 23.2. The number of rotatable bonds is 9. The van der Waals surface area contributed by atoms with Crippen molar-refractivity contribution in [1.29, 1.82) is 0 Å². The number of hydrogen-bond donors (Lipinski definition) is 1. The van der Waals surface area contributed by atoms with Gasteiger partial charge in [-0.05, 0) is 70.3 Å². The summed E-state index contributed by atoms with van der Waals surface area (Å²) in [4.78, 5) is 34.2. The molecule has 1 aromatic carbocycles. The number of aryl methyl sites for hydroxylation is 1. The summed E-state index contributed by atoms with van der Waals surface area (Å²) in [5.74, 6) is -0.702. The highest BCUT2D eigenvalue weighted by Gasteiger charge is 2.40. The lowest BCUT2D eigenvalue weighted by Gasteiger charge is -2.18. The van der Waals surface area contributed by atoms with Gasteiger partial charge in [0.1, 0.15) is 11.6 Å². The van der Waals surface area contributed by atoms with Crippen molar-refractivity contribution in [2.45, 2.75) is 45.1 Å². The molecule has 0 aliphatic carbocycles. The molecular formula is C23H32Cl2N4O2. The predicted molar refractivity (Wildman–Crippen MR) is 126 cm³/mol. The van der Waals surface area contributed by atoms with Gasteiger partial charge >= 0.3 is 0 Å². The fraction of sp³-hybridized carbons (Fsp3) is 0.609. The van der Waals surface area contributed by atoms with E-state index in [1.165, 1.54) is 12.8 Å². The molecule has 170 valence electrons. The Bertz CT molecular complexity index is 830. The van der Waals surface area contributed by atoms with Gasteiger partial charge in [0.2, 0.25) is 5.91 Å². The van der Waals surface area contributed by atoms with Gasteiger partial charge in [-0.3, -0.25) is 14.6 Å². The van der Waals surface area contributed by atoms with Crippen LogP contribution in [0.5, 0.6) is 0 Å². The monoisotopic (exact) mass is 466 g/mol. The van der Waals surface area contributed by atoms with Gasteiger partial charge in [0.15, 0.2) is 0 Å². The molecule has 1 aromatic rings. The molecule has 0 spiro atoms. The number of nitrogens with zero attached hydrogens (tertiary/aromatic N) is 3. The summed E-state index contributed by atoms with van der Waals surface area (Å²) in [5.41, 5.74) is 1.50. The third-order valence-electron chi connectivity index (χ3n) is 6.28. The first-order valence-electron chi connectivity index (χ1n) is 11.2. The summed E-state index contributed by atoms with van der Waals surface area (Å²) in [5, 5.41) is 4.07. The number of benzene rings is 1. The zero-order chi connectivity index (χ0) is 22.4. The van der Waals surface area contributed by atoms with Gasteiger partial charge in [0.05, 0.1) is 10.0 Å². The summed E-state index contributed by atoms with van der Waals surface area (Å²) in [6, 6.07) is 6.11. The van der Waals surface area contributed by atoms with E-state index in [2.05, 4.69) is 22.3 Å². The van der Waals surface area contributed by atoms with Crippen LogP contribution in [0.4, 0.5) is 0 Å². The van der Waals surface area contributed by atoms with Crippen LogP contribution in [0.25, 0.3) is 0 Å². The van der Waals surface area contributed by atoms with Crippen LogP contribution in [-0.2, 0) is 16.0 Å². The highest BCUT2D eigenvalue weighted by Crippen LogP contribution is 2.23. The number of halogens is 2. The third kappa shape index (κ3) is 6.21. The Hall–Kier alpha value is -1.63. The molecule has 2 heterocycles. The molecule has 6 nitrogen and oxygen atoms in total. The lowest BCUT2D eigenvalue weighted by atomic mass is 10.0. The van der Waals surface area contributed by atoms with Crippen LogP contribution in [-0.4, -0.2) is 73.1 Å². The molecule has 2 saturated heterocycles. The number of amides is 2. The topological polar surface area (TPSA) is 65.0 Å². The van der Waals surface area contributed by atoms with E-state index in [-0.39, 0.29) is 11.8 Å². The fourth-order valence-corrected chi connectivity index (χ4v) is 4.68. The number of carbonyl (C=O) groups is 2. The van der Waals surface area contributed by atoms with Crippen LogP contribution in [0.1, 0.15) is 38.2 Å². The van der Waals surface area contributed by atoms with E-state index in [0.29, 0.717) is 48.0 Å². The molecule has 1 N–H and O–H groups in total. The van der Waals surface area contributed by atoms with E-state index in [1.807, 2.05) is 19.1 Å². The van der Waals surface area contributed by atoms with Gasteiger partial charge < -0.3 is 15.1 Å². The van der Waals surface area contributed by atoms with Gasteiger partial charge in [-0.1, -0.05) is 29.3 Å². The van der Waals surface area contributed by atoms with E-state index in [1.54, 1.807) is 11.0 Å².